The molecule has 2 heteroatoms. The molecule has 0 radical (unpaired) electrons. The van der Waals surface area contributed by atoms with Crippen molar-refractivity contribution in [3.63, 3.8) is 0 Å². The van der Waals surface area contributed by atoms with Crippen LogP contribution in [0.15, 0.2) is 182 Å². The summed E-state index contributed by atoms with van der Waals surface area (Å²) in [6.07, 6.45) is 0. The summed E-state index contributed by atoms with van der Waals surface area (Å²) in [6, 6.07) is 67.2. The number of aromatic nitrogens is 2. The maximum atomic E-state index is 2.50. The van der Waals surface area contributed by atoms with Crippen LogP contribution in [0, 0.1) is 0 Å². The van der Waals surface area contributed by atoms with Crippen LogP contribution in [-0.4, -0.2) is 9.13 Å². The molecule has 0 aliphatic heterocycles. The summed E-state index contributed by atoms with van der Waals surface area (Å²) >= 11 is 0. The van der Waals surface area contributed by atoms with Crippen LogP contribution >= 0.6 is 0 Å². The van der Waals surface area contributed by atoms with Crippen molar-refractivity contribution in [1.82, 2.24) is 9.13 Å². The van der Waals surface area contributed by atoms with Gasteiger partial charge in [0.15, 0.2) is 0 Å². The number of hydrogen-bond donors (Lipinski definition) is 0. The van der Waals surface area contributed by atoms with Gasteiger partial charge in [-0.1, -0.05) is 129 Å². The van der Waals surface area contributed by atoms with Crippen molar-refractivity contribution in [3.8, 4) is 44.8 Å². The fourth-order valence-electron chi connectivity index (χ4n) is 9.15. The molecule has 11 rings (SSSR count). The van der Waals surface area contributed by atoms with Crippen LogP contribution in [0.1, 0.15) is 25.0 Å². The van der Waals surface area contributed by atoms with Gasteiger partial charge in [0.2, 0.25) is 0 Å². The maximum absolute atomic E-state index is 2.50. The van der Waals surface area contributed by atoms with Crippen LogP contribution in [0.4, 0.5) is 0 Å². The minimum atomic E-state index is -0.0905. The van der Waals surface area contributed by atoms with Gasteiger partial charge in [0.25, 0.3) is 0 Å². The lowest BCUT2D eigenvalue weighted by molar-refractivity contribution is 0.661. The smallest absolute Gasteiger partial charge is 0.0544 e. The third kappa shape index (κ3) is 4.39. The molecule has 0 N–H and O–H groups in total. The molecule has 10 aromatic rings. The third-order valence-corrected chi connectivity index (χ3v) is 11.7. The molecule has 53 heavy (non-hydrogen) atoms. The van der Waals surface area contributed by atoms with E-state index in [2.05, 4.69) is 205 Å². The number of nitrogens with zero attached hydrogens (tertiary/aromatic N) is 2. The van der Waals surface area contributed by atoms with Gasteiger partial charge in [0.1, 0.15) is 0 Å². The second-order valence-corrected chi connectivity index (χ2v) is 15.0. The van der Waals surface area contributed by atoms with Crippen LogP contribution in [0.2, 0.25) is 0 Å². The third-order valence-electron chi connectivity index (χ3n) is 11.7. The Morgan fingerprint density at radius 2 is 0.887 bits per heavy atom. The first-order chi connectivity index (χ1) is 26.0. The first-order valence-corrected chi connectivity index (χ1v) is 18.5. The van der Waals surface area contributed by atoms with E-state index in [1.165, 1.54) is 93.8 Å². The van der Waals surface area contributed by atoms with Crippen molar-refractivity contribution in [1.29, 1.82) is 0 Å². The Morgan fingerprint density at radius 3 is 1.62 bits per heavy atom. The fourth-order valence-corrected chi connectivity index (χ4v) is 9.15. The van der Waals surface area contributed by atoms with E-state index < -0.39 is 0 Å². The van der Waals surface area contributed by atoms with Crippen molar-refractivity contribution >= 4 is 43.6 Å². The first kappa shape index (κ1) is 30.0. The molecule has 8 aromatic carbocycles. The molecule has 1 aliphatic rings. The van der Waals surface area contributed by atoms with E-state index >= 15 is 0 Å². The van der Waals surface area contributed by atoms with Crippen molar-refractivity contribution < 1.29 is 0 Å². The summed E-state index contributed by atoms with van der Waals surface area (Å²) in [6.45, 7) is 4.74. The highest BCUT2D eigenvalue weighted by Crippen LogP contribution is 2.51. The lowest BCUT2D eigenvalue weighted by atomic mass is 9.82. The minimum absolute atomic E-state index is 0.0905. The Labute approximate surface area is 308 Å². The minimum Gasteiger partial charge on any atom is -0.309 e. The van der Waals surface area contributed by atoms with Crippen molar-refractivity contribution in [2.75, 3.05) is 0 Å². The molecular weight excluding hydrogens is 641 g/mol. The number of rotatable bonds is 4. The van der Waals surface area contributed by atoms with Crippen LogP contribution in [0.5, 0.6) is 0 Å². The van der Waals surface area contributed by atoms with Gasteiger partial charge in [-0.15, -0.1) is 0 Å². The molecule has 0 atom stereocenters. The second-order valence-electron chi connectivity index (χ2n) is 15.0. The lowest BCUT2D eigenvalue weighted by Gasteiger charge is -2.22. The van der Waals surface area contributed by atoms with Crippen LogP contribution in [0.25, 0.3) is 88.4 Å². The Hall–Kier alpha value is -6.64. The molecule has 2 heterocycles. The quantitative estimate of drug-likeness (QED) is 0.176. The molecule has 2 aromatic heterocycles. The van der Waals surface area contributed by atoms with E-state index in [1.54, 1.807) is 0 Å². The first-order valence-electron chi connectivity index (χ1n) is 18.5. The van der Waals surface area contributed by atoms with Gasteiger partial charge < -0.3 is 9.13 Å². The second kappa shape index (κ2) is 11.2. The summed E-state index contributed by atoms with van der Waals surface area (Å²) in [5.74, 6) is 0. The van der Waals surface area contributed by atoms with E-state index in [9.17, 15) is 0 Å². The fraction of sp³-hybridized carbons (Fsp3) is 0.0588. The van der Waals surface area contributed by atoms with Crippen LogP contribution in [-0.2, 0) is 5.41 Å². The molecule has 0 bridgehead atoms. The molecule has 1 aliphatic carbocycles. The Kier molecular flexibility index (Phi) is 6.33. The van der Waals surface area contributed by atoms with Crippen LogP contribution in [0.3, 0.4) is 0 Å². The predicted molar refractivity (Wildman–Crippen MR) is 224 cm³/mol. The van der Waals surface area contributed by atoms with Gasteiger partial charge >= 0.3 is 0 Å². The summed E-state index contributed by atoms with van der Waals surface area (Å²) < 4.78 is 4.89. The average molecular weight is 677 g/mol. The molecule has 0 fully saturated rings. The molecular formula is C51H36N2. The maximum Gasteiger partial charge on any atom is 0.0544 e. The summed E-state index contributed by atoms with van der Waals surface area (Å²) in [7, 11) is 0. The van der Waals surface area contributed by atoms with Gasteiger partial charge in [0.05, 0.1) is 22.1 Å². The highest BCUT2D eigenvalue weighted by Gasteiger charge is 2.36. The van der Waals surface area contributed by atoms with E-state index in [4.69, 9.17) is 0 Å². The van der Waals surface area contributed by atoms with Crippen molar-refractivity contribution in [2.45, 2.75) is 19.3 Å². The van der Waals surface area contributed by atoms with Crippen molar-refractivity contribution in [3.05, 3.63) is 193 Å². The zero-order chi connectivity index (χ0) is 35.3. The van der Waals surface area contributed by atoms with Gasteiger partial charge in [-0.2, -0.15) is 0 Å². The molecule has 0 unspecified atom stereocenters. The van der Waals surface area contributed by atoms with E-state index in [1.807, 2.05) is 0 Å². The molecule has 0 saturated heterocycles. The average Bonchev–Trinajstić information content (AvgIpc) is 3.80. The van der Waals surface area contributed by atoms with Gasteiger partial charge in [-0.25, -0.2) is 0 Å². The molecule has 0 saturated carbocycles. The predicted octanol–water partition coefficient (Wildman–Crippen LogP) is 13.5. The summed E-state index contributed by atoms with van der Waals surface area (Å²) in [4.78, 5) is 0. The van der Waals surface area contributed by atoms with E-state index in [-0.39, 0.29) is 5.41 Å². The standard InChI is InChI=1S/C51H36N2/c1-51(2)45-22-12-9-19-39(45)42-31-44-41-21-11-14-24-48(41)53(50(44)32-46(42)51)38-28-35(33-15-5-3-6-16-33)27-36(29-38)34-25-26-49-43(30-34)40-20-10-13-23-47(40)52(49)37-17-7-4-8-18-37/h3-32H,1-2H3. The number of fused-ring (bicyclic) bond motifs is 9. The Bertz CT molecular complexity index is 3070. The van der Waals surface area contributed by atoms with Gasteiger partial charge in [-0.05, 0) is 111 Å². The molecule has 0 spiro atoms. The lowest BCUT2D eigenvalue weighted by Crippen LogP contribution is -2.15. The largest absolute Gasteiger partial charge is 0.309 e. The zero-order valence-corrected chi connectivity index (χ0v) is 29.7. The number of para-hydroxylation sites is 3. The van der Waals surface area contributed by atoms with E-state index in [0.29, 0.717) is 0 Å². The topological polar surface area (TPSA) is 9.86 Å². The van der Waals surface area contributed by atoms with Gasteiger partial charge in [0, 0.05) is 38.3 Å². The molecule has 250 valence electrons. The Morgan fingerprint density at radius 1 is 0.321 bits per heavy atom. The normalized spacial score (nSPS) is 13.2. The number of hydrogen-bond acceptors (Lipinski definition) is 0. The number of benzene rings is 8. The monoisotopic (exact) mass is 676 g/mol. The zero-order valence-electron chi connectivity index (χ0n) is 29.7. The van der Waals surface area contributed by atoms with Crippen molar-refractivity contribution in [2.24, 2.45) is 0 Å². The highest BCUT2D eigenvalue weighted by atomic mass is 15.0. The van der Waals surface area contributed by atoms with Crippen LogP contribution < -0.4 is 0 Å². The summed E-state index contributed by atoms with van der Waals surface area (Å²) in [5.41, 5.74) is 17.4. The highest BCUT2D eigenvalue weighted by molar-refractivity contribution is 6.12. The molecule has 0 amide bonds. The Balaban J connectivity index is 1.18. The van der Waals surface area contributed by atoms with Gasteiger partial charge in [-0.3, -0.25) is 0 Å². The van der Waals surface area contributed by atoms with E-state index in [0.717, 1.165) is 5.69 Å². The summed E-state index contributed by atoms with van der Waals surface area (Å²) in [5, 5.41) is 5.07. The SMILES string of the molecule is CC1(C)c2ccccc2-c2cc3c4ccccc4n(-c4cc(-c5ccccc5)cc(-c5ccc6c(c5)c5ccccc5n6-c5ccccc5)c4)c3cc21. The molecule has 2 nitrogen and oxygen atoms in total.